The van der Waals surface area contributed by atoms with Gasteiger partial charge in [0.15, 0.2) is 17.2 Å². The molecule has 0 aromatic heterocycles. The Balaban J connectivity index is 2.28. The summed E-state index contributed by atoms with van der Waals surface area (Å²) in [6, 6.07) is 8.78. The molecule has 1 fully saturated rings. The minimum Gasteiger partial charge on any atom is -0.378 e. The van der Waals surface area contributed by atoms with E-state index < -0.39 is 23.2 Å². The molecule has 1 aliphatic rings. The summed E-state index contributed by atoms with van der Waals surface area (Å²) in [5.74, 6) is -0.725. The fourth-order valence-electron chi connectivity index (χ4n) is 4.38. The number of carbonyl (C=O) groups is 1. The van der Waals surface area contributed by atoms with Crippen molar-refractivity contribution in [2.75, 3.05) is 13.7 Å². The first-order chi connectivity index (χ1) is 12.6. The molecule has 152 valence electrons. The number of hydrogen-bond acceptors (Lipinski definition) is 5. The van der Waals surface area contributed by atoms with Crippen molar-refractivity contribution in [2.45, 2.75) is 77.2 Å². The lowest BCUT2D eigenvalue weighted by Gasteiger charge is -2.55. The number of carbonyl (C=O) groups excluding carboxylic acids is 1. The first-order valence-corrected chi connectivity index (χ1v) is 9.63. The van der Waals surface area contributed by atoms with Crippen LogP contribution in [0, 0.1) is 0 Å². The van der Waals surface area contributed by atoms with Gasteiger partial charge in [0.1, 0.15) is 7.11 Å². The lowest BCUT2D eigenvalue weighted by molar-refractivity contribution is -1.29. The lowest BCUT2D eigenvalue weighted by Crippen LogP contribution is -2.75. The third-order valence-corrected chi connectivity index (χ3v) is 5.42. The number of nitrogens with zero attached hydrogens (tertiary/aromatic N) is 1. The van der Waals surface area contributed by atoms with Crippen LogP contribution in [0.15, 0.2) is 30.3 Å². The van der Waals surface area contributed by atoms with Crippen molar-refractivity contribution in [3.63, 3.8) is 0 Å². The van der Waals surface area contributed by atoms with Crippen molar-refractivity contribution in [2.24, 2.45) is 0 Å². The molecule has 1 atom stereocenters. The van der Waals surface area contributed by atoms with Crippen LogP contribution in [-0.4, -0.2) is 46.8 Å². The fraction of sp³-hybridized carbons (Fsp3) is 0.667. The Kier molecular flexibility index (Phi) is 6.68. The van der Waals surface area contributed by atoms with Gasteiger partial charge in [-0.3, -0.25) is 0 Å². The summed E-state index contributed by atoms with van der Waals surface area (Å²) in [4.78, 5) is 24.2. The highest BCUT2D eigenvalue weighted by atomic mass is 17.0. The molecule has 0 saturated carbocycles. The quantitative estimate of drug-likeness (QED) is 0.731. The molecule has 1 saturated heterocycles. The van der Waals surface area contributed by atoms with Gasteiger partial charge >= 0.3 is 5.97 Å². The molecule has 0 radical (unpaired) electrons. The van der Waals surface area contributed by atoms with Gasteiger partial charge in [-0.15, -0.1) is 0 Å². The van der Waals surface area contributed by atoms with Crippen molar-refractivity contribution >= 4 is 5.97 Å². The first-order valence-electron chi connectivity index (χ1n) is 9.63. The number of hydrogen-bond donors (Lipinski definition) is 1. The molecule has 0 spiro atoms. The topological polar surface area (TPSA) is 65.0 Å². The third-order valence-electron chi connectivity index (χ3n) is 5.42. The zero-order valence-corrected chi connectivity index (χ0v) is 17.4. The van der Waals surface area contributed by atoms with E-state index in [1.54, 1.807) is 31.4 Å². The van der Waals surface area contributed by atoms with Gasteiger partial charge < -0.3 is 9.84 Å². The largest absolute Gasteiger partial charge is 0.403 e. The Labute approximate surface area is 162 Å². The normalized spacial score (nSPS) is 27.7. The fourth-order valence-corrected chi connectivity index (χ4v) is 4.38. The molecule has 2 rings (SSSR count). The number of aliphatic hydroxyl groups excluding tert-OH is 1. The Hall–Kier alpha value is -1.47. The van der Waals surface area contributed by atoms with Crippen LogP contribution in [0.1, 0.15) is 65.5 Å². The van der Waals surface area contributed by atoms with Crippen molar-refractivity contribution < 1.29 is 29.1 Å². The molecule has 1 aromatic carbocycles. The van der Waals surface area contributed by atoms with Crippen molar-refractivity contribution in [3.8, 4) is 0 Å². The maximum absolute atomic E-state index is 12.8. The van der Waals surface area contributed by atoms with Crippen LogP contribution in [0.2, 0.25) is 0 Å². The van der Waals surface area contributed by atoms with Crippen LogP contribution in [-0.2, 0) is 19.2 Å². The van der Waals surface area contributed by atoms with E-state index >= 15 is 0 Å². The van der Waals surface area contributed by atoms with E-state index in [9.17, 15) is 9.90 Å². The third kappa shape index (κ3) is 4.19. The Morgan fingerprint density at radius 3 is 2.22 bits per heavy atom. The van der Waals surface area contributed by atoms with Crippen LogP contribution in [0.5, 0.6) is 0 Å². The molecule has 6 nitrogen and oxygen atoms in total. The van der Waals surface area contributed by atoms with E-state index in [1.165, 1.54) is 0 Å². The molecule has 0 bridgehead atoms. The van der Waals surface area contributed by atoms with Crippen molar-refractivity contribution in [1.29, 1.82) is 0 Å². The standard InChI is InChI=1S/C21H34NO5/c1-7-13-26-17-14-20(2,3)22(25-6,21(4,5)15-17)27-19(24)18(23)16-11-9-8-10-12-16/h8-12,17-18,23H,7,13-15H2,1-6H3/q+1/t17?,18-,22?/m1/s1. The minimum atomic E-state index is -1.36. The second-order valence-electron chi connectivity index (χ2n) is 8.48. The zero-order chi connectivity index (χ0) is 20.3. The highest BCUT2D eigenvalue weighted by molar-refractivity contribution is 5.75. The Morgan fingerprint density at radius 1 is 1.19 bits per heavy atom. The number of ether oxygens (including phenoxy) is 1. The Bertz CT molecular complexity index is 611. The van der Waals surface area contributed by atoms with E-state index in [-0.39, 0.29) is 10.9 Å². The van der Waals surface area contributed by atoms with Crippen LogP contribution in [0.25, 0.3) is 0 Å². The van der Waals surface area contributed by atoms with Gasteiger partial charge in [-0.2, -0.15) is 4.84 Å². The zero-order valence-electron chi connectivity index (χ0n) is 17.4. The predicted octanol–water partition coefficient (Wildman–Crippen LogP) is 3.70. The predicted molar refractivity (Wildman–Crippen MR) is 102 cm³/mol. The van der Waals surface area contributed by atoms with E-state index in [0.29, 0.717) is 25.0 Å². The van der Waals surface area contributed by atoms with E-state index in [2.05, 4.69) is 6.92 Å². The Morgan fingerprint density at radius 2 is 1.74 bits per heavy atom. The number of rotatable bonds is 7. The molecule has 0 unspecified atom stereocenters. The van der Waals surface area contributed by atoms with Gasteiger partial charge in [0.25, 0.3) is 0 Å². The first kappa shape index (κ1) is 21.8. The van der Waals surface area contributed by atoms with Crippen LogP contribution < -0.4 is 0 Å². The minimum absolute atomic E-state index is 0.0640. The molecular weight excluding hydrogens is 346 g/mol. The van der Waals surface area contributed by atoms with E-state index in [1.807, 2.05) is 33.8 Å². The molecule has 1 aromatic rings. The number of aliphatic hydroxyl groups is 1. The van der Waals surface area contributed by atoms with Gasteiger partial charge in [0.05, 0.1) is 6.10 Å². The van der Waals surface area contributed by atoms with Crippen molar-refractivity contribution in [1.82, 2.24) is 0 Å². The molecule has 6 heteroatoms. The smallest absolute Gasteiger partial charge is 0.378 e. The van der Waals surface area contributed by atoms with Gasteiger partial charge in [0, 0.05) is 24.3 Å². The summed E-state index contributed by atoms with van der Waals surface area (Å²) in [5, 5.41) is 10.5. The van der Waals surface area contributed by atoms with Crippen molar-refractivity contribution in [3.05, 3.63) is 35.9 Å². The number of quaternary nitrogens is 1. The highest BCUT2D eigenvalue weighted by Crippen LogP contribution is 2.47. The van der Waals surface area contributed by atoms with E-state index in [0.717, 1.165) is 6.42 Å². The average Bonchev–Trinajstić information content (AvgIpc) is 2.62. The molecular formula is C21H34NO5+. The molecule has 1 N–H and O–H groups in total. The molecule has 1 aliphatic heterocycles. The maximum atomic E-state index is 12.8. The van der Waals surface area contributed by atoms with Gasteiger partial charge in [-0.05, 0) is 39.7 Å². The van der Waals surface area contributed by atoms with Gasteiger partial charge in [0.2, 0.25) is 0 Å². The summed E-state index contributed by atoms with van der Waals surface area (Å²) < 4.78 is 6.01. The SMILES string of the molecule is CCCOC1CC(C)(C)[N+](OC)(OC(=O)[C@H](O)c2ccccc2)C(C)(C)C1. The van der Waals surface area contributed by atoms with Gasteiger partial charge in [-0.1, -0.05) is 37.3 Å². The van der Waals surface area contributed by atoms with Crippen LogP contribution >= 0.6 is 0 Å². The van der Waals surface area contributed by atoms with Crippen LogP contribution in [0.3, 0.4) is 0 Å². The molecule has 27 heavy (non-hydrogen) atoms. The van der Waals surface area contributed by atoms with Gasteiger partial charge in [-0.25, -0.2) is 9.63 Å². The summed E-state index contributed by atoms with van der Waals surface area (Å²) in [7, 11) is 1.54. The second-order valence-corrected chi connectivity index (χ2v) is 8.48. The molecule has 1 heterocycles. The highest BCUT2D eigenvalue weighted by Gasteiger charge is 2.66. The molecule has 0 aliphatic carbocycles. The summed E-state index contributed by atoms with van der Waals surface area (Å²) >= 11 is 0. The average molecular weight is 381 g/mol. The summed E-state index contributed by atoms with van der Waals surface area (Å²) in [6.07, 6.45) is 1.02. The summed E-state index contributed by atoms with van der Waals surface area (Å²) in [6.45, 7) is 10.8. The maximum Gasteiger partial charge on any atom is 0.403 e. The lowest BCUT2D eigenvalue weighted by atomic mass is 9.79. The molecule has 0 amide bonds. The second kappa shape index (κ2) is 8.27. The summed E-state index contributed by atoms with van der Waals surface area (Å²) in [5.41, 5.74) is -0.615. The number of benzene rings is 1. The van der Waals surface area contributed by atoms with Crippen LogP contribution in [0.4, 0.5) is 0 Å². The number of hydroxylamine groups is 4. The number of piperidine rings is 1. The van der Waals surface area contributed by atoms with E-state index in [4.69, 9.17) is 14.4 Å². The monoisotopic (exact) mass is 380 g/mol.